The zero-order valence-electron chi connectivity index (χ0n) is 18.9. The van der Waals surface area contributed by atoms with E-state index in [9.17, 15) is 9.59 Å². The lowest BCUT2D eigenvalue weighted by Gasteiger charge is -2.31. The highest BCUT2D eigenvalue weighted by molar-refractivity contribution is 6.31. The average Bonchev–Trinajstić information content (AvgIpc) is 3.10. The van der Waals surface area contributed by atoms with Crippen LogP contribution in [-0.4, -0.2) is 38.0 Å². The number of hydrogen-bond donors (Lipinski definition) is 0. The Labute approximate surface area is 197 Å². The first-order valence-electron chi connectivity index (χ1n) is 11.4. The maximum Gasteiger partial charge on any atom is 0.278 e. The highest BCUT2D eigenvalue weighted by Crippen LogP contribution is 2.27. The zero-order valence-corrected chi connectivity index (χ0v) is 19.7. The predicted octanol–water partition coefficient (Wildman–Crippen LogP) is 4.62. The van der Waals surface area contributed by atoms with Crippen molar-refractivity contribution in [2.24, 2.45) is 5.92 Å². The Morgan fingerprint density at radius 1 is 1.21 bits per heavy atom. The Morgan fingerprint density at radius 3 is 2.82 bits per heavy atom. The van der Waals surface area contributed by atoms with E-state index >= 15 is 0 Å². The number of likely N-dealkylation sites (tertiary alicyclic amines) is 1. The van der Waals surface area contributed by atoms with Gasteiger partial charge in [0.1, 0.15) is 17.6 Å². The molecule has 1 unspecified atom stereocenters. The van der Waals surface area contributed by atoms with Gasteiger partial charge >= 0.3 is 0 Å². The van der Waals surface area contributed by atoms with Gasteiger partial charge in [0.05, 0.1) is 18.4 Å². The van der Waals surface area contributed by atoms with Crippen LogP contribution in [0.15, 0.2) is 53.6 Å². The maximum atomic E-state index is 13.7. The number of hydrogen-bond acceptors (Lipinski definition) is 3. The van der Waals surface area contributed by atoms with Gasteiger partial charge in [-0.25, -0.2) is 4.98 Å². The molecule has 33 heavy (non-hydrogen) atoms. The first-order chi connectivity index (χ1) is 15.9. The van der Waals surface area contributed by atoms with Crippen molar-refractivity contribution in [1.29, 1.82) is 0 Å². The third-order valence-electron chi connectivity index (χ3n) is 6.58. The lowest BCUT2D eigenvalue weighted by Crippen LogP contribution is -2.41. The van der Waals surface area contributed by atoms with Crippen LogP contribution in [0.2, 0.25) is 5.02 Å². The van der Waals surface area contributed by atoms with Crippen LogP contribution in [0.4, 0.5) is 0 Å². The summed E-state index contributed by atoms with van der Waals surface area (Å²) in [5, 5.41) is 1.50. The summed E-state index contributed by atoms with van der Waals surface area (Å²) in [6.07, 6.45) is 3.74. The van der Waals surface area contributed by atoms with Gasteiger partial charge < -0.3 is 9.47 Å². The third kappa shape index (κ3) is 4.04. The van der Waals surface area contributed by atoms with Crippen molar-refractivity contribution in [3.63, 3.8) is 0 Å². The summed E-state index contributed by atoms with van der Waals surface area (Å²) in [4.78, 5) is 33.5. The van der Waals surface area contributed by atoms with E-state index in [1.165, 1.54) is 0 Å². The SMILES string of the molecule is Cc1ccc2c(c1)c1ncn(Cc3ccccc3Cl)c(=O)c1n2CC(=O)N1CCCC(C)C1. The zero-order chi connectivity index (χ0) is 23.1. The fourth-order valence-corrected chi connectivity index (χ4v) is 5.05. The number of benzene rings is 2. The number of rotatable bonds is 4. The van der Waals surface area contributed by atoms with Crippen LogP contribution in [0.3, 0.4) is 0 Å². The van der Waals surface area contributed by atoms with E-state index in [-0.39, 0.29) is 18.0 Å². The van der Waals surface area contributed by atoms with E-state index in [1.807, 2.05) is 58.9 Å². The molecule has 0 spiro atoms. The monoisotopic (exact) mass is 462 g/mol. The molecule has 170 valence electrons. The lowest BCUT2D eigenvalue weighted by molar-refractivity contribution is -0.133. The van der Waals surface area contributed by atoms with Gasteiger partial charge in [0.2, 0.25) is 5.91 Å². The number of nitrogens with zero attached hydrogens (tertiary/aromatic N) is 4. The second kappa shape index (κ2) is 8.67. The first-order valence-corrected chi connectivity index (χ1v) is 11.8. The molecule has 2 aromatic heterocycles. The fourth-order valence-electron chi connectivity index (χ4n) is 4.85. The van der Waals surface area contributed by atoms with Crippen molar-refractivity contribution in [3.05, 3.63) is 75.3 Å². The third-order valence-corrected chi connectivity index (χ3v) is 6.95. The summed E-state index contributed by atoms with van der Waals surface area (Å²) in [5.74, 6) is 0.542. The Bertz CT molecular complexity index is 1420. The molecule has 5 rings (SSSR count). The van der Waals surface area contributed by atoms with Crippen molar-refractivity contribution in [2.45, 2.75) is 39.8 Å². The van der Waals surface area contributed by atoms with Crippen LogP contribution < -0.4 is 5.56 Å². The summed E-state index contributed by atoms with van der Waals surface area (Å²) in [7, 11) is 0. The van der Waals surface area contributed by atoms with E-state index in [0.29, 0.717) is 28.5 Å². The molecule has 4 aromatic rings. The molecule has 3 heterocycles. The number of halogens is 1. The van der Waals surface area contributed by atoms with Gasteiger partial charge in [-0.05, 0) is 49.4 Å². The van der Waals surface area contributed by atoms with Crippen molar-refractivity contribution < 1.29 is 4.79 Å². The van der Waals surface area contributed by atoms with Crippen LogP contribution in [0.1, 0.15) is 30.9 Å². The minimum Gasteiger partial charge on any atom is -0.341 e. The largest absolute Gasteiger partial charge is 0.341 e. The van der Waals surface area contributed by atoms with Crippen molar-refractivity contribution in [3.8, 4) is 0 Å². The quantitative estimate of drug-likeness (QED) is 0.444. The maximum absolute atomic E-state index is 13.7. The van der Waals surface area contributed by atoms with E-state index in [2.05, 4.69) is 11.9 Å². The molecule has 7 heteroatoms. The van der Waals surface area contributed by atoms with Crippen LogP contribution >= 0.6 is 11.6 Å². The van der Waals surface area contributed by atoms with Gasteiger partial charge in [-0.2, -0.15) is 0 Å². The number of aromatic nitrogens is 3. The molecule has 0 bridgehead atoms. The Balaban J connectivity index is 1.63. The minimum atomic E-state index is -0.173. The summed E-state index contributed by atoms with van der Waals surface area (Å²) in [5.41, 5.74) is 3.71. The highest BCUT2D eigenvalue weighted by atomic mass is 35.5. The molecule has 0 saturated carbocycles. The number of fused-ring (bicyclic) bond motifs is 3. The molecule has 1 amide bonds. The molecule has 1 fully saturated rings. The number of carbonyl (C=O) groups excluding carboxylic acids is 1. The van der Waals surface area contributed by atoms with Crippen LogP contribution in [0, 0.1) is 12.8 Å². The van der Waals surface area contributed by atoms with Crippen LogP contribution in [0.5, 0.6) is 0 Å². The molecule has 0 N–H and O–H groups in total. The predicted molar refractivity (Wildman–Crippen MR) is 132 cm³/mol. The highest BCUT2D eigenvalue weighted by Gasteiger charge is 2.24. The lowest BCUT2D eigenvalue weighted by atomic mass is 10.0. The molecule has 2 aromatic carbocycles. The normalized spacial score (nSPS) is 16.6. The fraction of sp³-hybridized carbons (Fsp3) is 0.346. The Morgan fingerprint density at radius 2 is 2.03 bits per heavy atom. The van der Waals surface area contributed by atoms with Crippen molar-refractivity contribution in [1.82, 2.24) is 19.0 Å². The van der Waals surface area contributed by atoms with Crippen LogP contribution in [-0.2, 0) is 17.9 Å². The van der Waals surface area contributed by atoms with Gasteiger partial charge in [-0.3, -0.25) is 14.2 Å². The van der Waals surface area contributed by atoms with E-state index in [4.69, 9.17) is 11.6 Å². The standard InChI is InChI=1S/C26H27ClN4O2/c1-17-9-10-22-20(12-17)24-25(31(22)15-23(32)29-11-5-6-18(2)13-29)26(33)30(16-28-24)14-19-7-3-4-8-21(19)27/h3-4,7-10,12,16,18H,5-6,11,13-15H2,1-2H3. The summed E-state index contributed by atoms with van der Waals surface area (Å²) in [6, 6.07) is 13.5. The van der Waals surface area contributed by atoms with Crippen LogP contribution in [0.25, 0.3) is 21.9 Å². The second-order valence-electron chi connectivity index (χ2n) is 9.16. The van der Waals surface area contributed by atoms with Crippen molar-refractivity contribution in [2.75, 3.05) is 13.1 Å². The smallest absolute Gasteiger partial charge is 0.278 e. The summed E-state index contributed by atoms with van der Waals surface area (Å²) >= 11 is 6.33. The molecule has 1 atom stereocenters. The topological polar surface area (TPSA) is 60.1 Å². The van der Waals surface area contributed by atoms with Crippen molar-refractivity contribution >= 4 is 39.4 Å². The molecule has 1 aliphatic heterocycles. The Hall–Kier alpha value is -3.12. The molecular formula is C26H27ClN4O2. The van der Waals surface area contributed by atoms with E-state index in [1.54, 1.807) is 10.9 Å². The van der Waals surface area contributed by atoms with Gasteiger partial charge in [0, 0.05) is 23.5 Å². The van der Waals surface area contributed by atoms with E-state index in [0.717, 1.165) is 48.0 Å². The van der Waals surface area contributed by atoms with Gasteiger partial charge in [-0.1, -0.05) is 48.4 Å². The Kier molecular flexibility index (Phi) is 5.71. The van der Waals surface area contributed by atoms with Gasteiger partial charge in [-0.15, -0.1) is 0 Å². The molecule has 6 nitrogen and oxygen atoms in total. The number of amides is 1. The van der Waals surface area contributed by atoms with Gasteiger partial charge in [0.15, 0.2) is 0 Å². The summed E-state index contributed by atoms with van der Waals surface area (Å²) in [6.45, 7) is 6.18. The number of aryl methyl sites for hydroxylation is 1. The molecule has 0 radical (unpaired) electrons. The average molecular weight is 463 g/mol. The van der Waals surface area contributed by atoms with E-state index < -0.39 is 0 Å². The first kappa shape index (κ1) is 21.7. The minimum absolute atomic E-state index is 0.0434. The van der Waals surface area contributed by atoms with Gasteiger partial charge in [0.25, 0.3) is 5.56 Å². The molecule has 1 saturated heterocycles. The molecule has 1 aliphatic rings. The summed E-state index contributed by atoms with van der Waals surface area (Å²) < 4.78 is 3.42. The second-order valence-corrected chi connectivity index (χ2v) is 9.57. The number of piperidine rings is 1. The molecule has 0 aliphatic carbocycles. The number of carbonyl (C=O) groups is 1. The molecular weight excluding hydrogens is 436 g/mol.